The molecule has 6 heteroatoms. The number of allylic oxidation sites excluding steroid dienone is 8. The monoisotopic (exact) mass is 566 g/mol. The van der Waals surface area contributed by atoms with Gasteiger partial charge in [0.25, 0.3) is 0 Å². The van der Waals surface area contributed by atoms with Crippen molar-refractivity contribution >= 4 is 48.6 Å². The third kappa shape index (κ3) is 7.45. The Hall–Kier alpha value is 0.905. The Morgan fingerprint density at radius 3 is 1.22 bits per heavy atom. The topological polar surface area (TPSA) is 0 Å². The minimum atomic E-state index is -2.98. The summed E-state index contributed by atoms with van der Waals surface area (Å²) in [4.78, 5) is 0. The zero-order valence-electron chi connectivity index (χ0n) is 23.2. The molecule has 0 bridgehead atoms. The second-order valence-electron chi connectivity index (χ2n) is 14.1. The van der Waals surface area contributed by atoms with Crippen LogP contribution in [-0.4, -0.2) is 23.8 Å². The molecule has 0 atom stereocenters. The van der Waals surface area contributed by atoms with Crippen LogP contribution in [0, 0.1) is 11.8 Å². The molecule has 0 aromatic carbocycles. The Labute approximate surface area is 217 Å². The largest absolute Gasteiger partial charge is 0.147 e. The first-order valence-corrected chi connectivity index (χ1v) is 28.0. The van der Waals surface area contributed by atoms with Crippen LogP contribution in [0.5, 0.6) is 0 Å². The van der Waals surface area contributed by atoms with Gasteiger partial charge in [0, 0.05) is 0 Å². The summed E-state index contributed by atoms with van der Waals surface area (Å²) in [6.07, 6.45) is 10.5. The molecule has 186 valence electrons. The van der Waals surface area contributed by atoms with Crippen molar-refractivity contribution in [3.63, 3.8) is 0 Å². The Kier molecular flexibility index (Phi) is 11.2. The molecule has 2 rings (SSSR count). The molecular formula is C26H52Cl2Si3Ti. The summed E-state index contributed by atoms with van der Waals surface area (Å²) in [6.45, 7) is 25.0. The van der Waals surface area contributed by atoms with Crippen LogP contribution in [-0.2, 0) is 14.0 Å². The second-order valence-corrected chi connectivity index (χ2v) is 43.2. The van der Waals surface area contributed by atoms with E-state index in [0.717, 1.165) is 11.8 Å². The molecule has 0 unspecified atom stereocenters. The van der Waals surface area contributed by atoms with E-state index < -0.39 is 30.2 Å². The van der Waals surface area contributed by atoms with Crippen molar-refractivity contribution in [2.24, 2.45) is 11.8 Å². The second kappa shape index (κ2) is 10.9. The predicted molar refractivity (Wildman–Crippen MR) is 160 cm³/mol. The zero-order valence-corrected chi connectivity index (χ0v) is 29.8. The van der Waals surface area contributed by atoms with Gasteiger partial charge in [-0.2, -0.15) is 0 Å². The molecule has 0 spiro atoms. The minimum Gasteiger partial charge on any atom is -0.147 e. The van der Waals surface area contributed by atoms with E-state index in [-0.39, 0.29) is 24.8 Å². The van der Waals surface area contributed by atoms with Crippen molar-refractivity contribution in [2.45, 2.75) is 103 Å². The summed E-state index contributed by atoms with van der Waals surface area (Å²) in [5, 5.41) is 9.21. The number of halogens is 2. The van der Waals surface area contributed by atoms with Crippen molar-refractivity contribution in [1.82, 2.24) is 0 Å². The number of hydrogen-bond acceptors (Lipinski definition) is 0. The molecule has 2 aliphatic carbocycles. The van der Waals surface area contributed by atoms with E-state index in [1.54, 1.807) is 11.1 Å². The normalized spacial score (nSPS) is 18.2. The van der Waals surface area contributed by atoms with E-state index in [4.69, 9.17) is 0 Å². The van der Waals surface area contributed by atoms with Gasteiger partial charge in [-0.1, -0.05) is 0 Å². The van der Waals surface area contributed by atoms with Crippen LogP contribution >= 0.6 is 24.8 Å². The van der Waals surface area contributed by atoms with Gasteiger partial charge in [-0.15, -0.1) is 24.8 Å². The molecular weight excluding hydrogens is 515 g/mol. The van der Waals surface area contributed by atoms with Crippen LogP contribution in [0.1, 0.15) is 53.4 Å². The van der Waals surface area contributed by atoms with Crippen LogP contribution in [0.3, 0.4) is 0 Å². The molecule has 0 saturated heterocycles. The summed E-state index contributed by atoms with van der Waals surface area (Å²) >= 11 is -2.98. The van der Waals surface area contributed by atoms with Crippen LogP contribution < -0.4 is 0 Å². The molecule has 0 radical (unpaired) electrons. The number of hydrogen-bond donors (Lipinski definition) is 0. The van der Waals surface area contributed by atoms with Gasteiger partial charge in [0.1, 0.15) is 0 Å². The Morgan fingerprint density at radius 1 is 0.719 bits per heavy atom. The number of rotatable bonds is 8. The van der Waals surface area contributed by atoms with Crippen molar-refractivity contribution in [3.8, 4) is 0 Å². The molecule has 0 aromatic rings. The summed E-state index contributed by atoms with van der Waals surface area (Å²) < 4.78 is 3.90. The maximum atomic E-state index is 2.78. The fourth-order valence-electron chi connectivity index (χ4n) is 5.59. The van der Waals surface area contributed by atoms with Gasteiger partial charge >= 0.3 is 194 Å². The van der Waals surface area contributed by atoms with E-state index >= 15 is 0 Å². The molecule has 0 fully saturated rings. The quantitative estimate of drug-likeness (QED) is 0.257. The molecule has 0 aromatic heterocycles. The summed E-state index contributed by atoms with van der Waals surface area (Å²) in [5.74, 6) is 1.51. The average Bonchev–Trinajstić information content (AvgIpc) is 3.10. The van der Waals surface area contributed by atoms with Gasteiger partial charge < -0.3 is 0 Å². The first kappa shape index (κ1) is 32.9. The zero-order chi connectivity index (χ0) is 23.3. The SMILES string of the molecule is CC(C)CC1=CC([Si](C)(C)C)=[C]([Ti]([CH3])([CH3])(=[SiH2])[C]2=C([Si](C)(C)C)C=C(CC(C)C)C2)C1.Cl.Cl. The summed E-state index contributed by atoms with van der Waals surface area (Å²) in [6, 6.07) is 0. The van der Waals surface area contributed by atoms with Gasteiger partial charge in [-0.25, -0.2) is 0 Å². The fourth-order valence-corrected chi connectivity index (χ4v) is 25.7. The first-order valence-electron chi connectivity index (χ1n) is 12.3. The maximum absolute atomic E-state index is 2.98. The molecule has 0 nitrogen and oxygen atoms in total. The van der Waals surface area contributed by atoms with E-state index in [0.29, 0.717) is 0 Å². The summed E-state index contributed by atoms with van der Waals surface area (Å²) in [7, 11) is -0.258. The molecule has 0 aliphatic heterocycles. The maximum Gasteiger partial charge on any atom is -0.147 e. The Balaban J connectivity index is 0.00000480. The van der Waals surface area contributed by atoms with Crippen molar-refractivity contribution < 1.29 is 14.0 Å². The smallest absolute Gasteiger partial charge is 0.147 e. The standard InChI is InChI=1S/2C12H21Si.2CH3.2ClH.H2Si.Ti/c2*1-10(2)8-11-6-7-12(9-11)13(3,4)5;;;;;;/h2*9-10H,6,8H2,1-5H3;2*1H3;2*1H;1H2;. The van der Waals surface area contributed by atoms with E-state index in [2.05, 4.69) is 97.2 Å². The van der Waals surface area contributed by atoms with Gasteiger partial charge in [0.05, 0.1) is 0 Å². The van der Waals surface area contributed by atoms with Crippen LogP contribution in [0.4, 0.5) is 0 Å². The van der Waals surface area contributed by atoms with Gasteiger partial charge in [-0.05, 0) is 0 Å². The molecule has 0 N–H and O–H groups in total. The molecule has 0 amide bonds. The van der Waals surface area contributed by atoms with Crippen molar-refractivity contribution in [2.75, 3.05) is 0 Å². The van der Waals surface area contributed by atoms with Gasteiger partial charge in [0.15, 0.2) is 0 Å². The first-order chi connectivity index (χ1) is 13.3. The van der Waals surface area contributed by atoms with E-state index in [1.807, 2.05) is 18.1 Å². The van der Waals surface area contributed by atoms with Crippen molar-refractivity contribution in [1.29, 1.82) is 0 Å². The van der Waals surface area contributed by atoms with Crippen LogP contribution in [0.2, 0.25) is 49.7 Å². The Bertz CT molecular complexity index is 830. The molecule has 0 heterocycles. The van der Waals surface area contributed by atoms with E-state index in [1.165, 1.54) is 25.7 Å². The van der Waals surface area contributed by atoms with Crippen molar-refractivity contribution in [3.05, 3.63) is 41.4 Å². The van der Waals surface area contributed by atoms with Gasteiger partial charge in [0.2, 0.25) is 0 Å². The van der Waals surface area contributed by atoms with Gasteiger partial charge in [-0.3, -0.25) is 0 Å². The van der Waals surface area contributed by atoms with Crippen LogP contribution in [0.15, 0.2) is 41.4 Å². The molecule has 32 heavy (non-hydrogen) atoms. The van der Waals surface area contributed by atoms with E-state index in [9.17, 15) is 0 Å². The minimum absolute atomic E-state index is 0. The third-order valence-electron chi connectivity index (χ3n) is 7.05. The van der Waals surface area contributed by atoms with Crippen LogP contribution in [0.25, 0.3) is 0 Å². The molecule has 2 aliphatic rings. The average molecular weight is 568 g/mol. The molecule has 0 saturated carbocycles. The Morgan fingerprint density at radius 2 is 1.00 bits per heavy atom. The summed E-state index contributed by atoms with van der Waals surface area (Å²) in [5.41, 5.74) is 3.46. The third-order valence-corrected chi connectivity index (χ3v) is 22.9. The predicted octanol–water partition coefficient (Wildman–Crippen LogP) is 9.18. The fraction of sp³-hybridized carbons (Fsp3) is 0.692.